The predicted molar refractivity (Wildman–Crippen MR) is 96.4 cm³/mol. The van der Waals surface area contributed by atoms with Crippen molar-refractivity contribution in [2.24, 2.45) is 0 Å². The summed E-state index contributed by atoms with van der Waals surface area (Å²) in [5, 5.41) is 4.16. The van der Waals surface area contributed by atoms with Crippen molar-refractivity contribution in [2.45, 2.75) is 19.8 Å². The fourth-order valence-corrected chi connectivity index (χ4v) is 2.98. The molecule has 1 amide bonds. The first-order valence-electron chi connectivity index (χ1n) is 8.13. The molecule has 1 heterocycles. The molecule has 0 aliphatic rings. The van der Waals surface area contributed by atoms with E-state index in [1.165, 1.54) is 5.56 Å². The molecule has 0 saturated carbocycles. The minimum Gasteiger partial charge on any atom is -0.497 e. The summed E-state index contributed by atoms with van der Waals surface area (Å²) >= 11 is 0. The third kappa shape index (κ3) is 3.59. The van der Waals surface area contributed by atoms with Crippen LogP contribution in [0.5, 0.6) is 5.75 Å². The van der Waals surface area contributed by atoms with E-state index in [2.05, 4.69) is 17.2 Å². The van der Waals surface area contributed by atoms with Crippen LogP contribution < -0.4 is 10.1 Å². The summed E-state index contributed by atoms with van der Waals surface area (Å²) in [6.07, 6.45) is 1.21. The van der Waals surface area contributed by atoms with E-state index in [4.69, 9.17) is 4.74 Å². The van der Waals surface area contributed by atoms with E-state index >= 15 is 0 Å². The molecule has 124 valence electrons. The molecule has 0 unspecified atom stereocenters. The van der Waals surface area contributed by atoms with Gasteiger partial charge >= 0.3 is 0 Å². The summed E-state index contributed by atoms with van der Waals surface area (Å²) in [6.45, 7) is 2.68. The van der Waals surface area contributed by atoms with Crippen molar-refractivity contribution in [2.75, 3.05) is 13.7 Å². The smallest absolute Gasteiger partial charge is 0.224 e. The van der Waals surface area contributed by atoms with E-state index in [1.54, 1.807) is 7.11 Å². The maximum atomic E-state index is 12.1. The Bertz CT molecular complexity index is 837. The highest BCUT2D eigenvalue weighted by molar-refractivity contribution is 5.86. The summed E-state index contributed by atoms with van der Waals surface area (Å²) in [4.78, 5) is 15.4. The third-order valence-electron chi connectivity index (χ3n) is 4.23. The number of carbonyl (C=O) groups excluding carboxylic acids is 1. The van der Waals surface area contributed by atoms with Crippen LogP contribution in [0.3, 0.4) is 0 Å². The van der Waals surface area contributed by atoms with Gasteiger partial charge in [0.2, 0.25) is 5.91 Å². The monoisotopic (exact) mass is 322 g/mol. The van der Waals surface area contributed by atoms with Crippen LogP contribution in [0.15, 0.2) is 48.5 Å². The number of rotatable bonds is 6. The summed E-state index contributed by atoms with van der Waals surface area (Å²) in [7, 11) is 1.67. The standard InChI is InChI=1S/C20H22N2O2/c1-14-17(18-13-16(24-2)8-9-19(18)22-14)10-11-21-20(23)12-15-6-4-3-5-7-15/h3-9,13,22H,10-12H2,1-2H3,(H,21,23). The van der Waals surface area contributed by atoms with Gasteiger partial charge in [-0.3, -0.25) is 4.79 Å². The van der Waals surface area contributed by atoms with Gasteiger partial charge in [-0.05, 0) is 42.7 Å². The number of aromatic amines is 1. The molecule has 0 aliphatic carbocycles. The van der Waals surface area contributed by atoms with Crippen LogP contribution in [0.4, 0.5) is 0 Å². The molecule has 24 heavy (non-hydrogen) atoms. The van der Waals surface area contributed by atoms with Crippen LogP contribution in [-0.2, 0) is 17.6 Å². The molecule has 0 bridgehead atoms. The minimum atomic E-state index is 0.0521. The van der Waals surface area contributed by atoms with Gasteiger partial charge in [0.1, 0.15) is 5.75 Å². The van der Waals surface area contributed by atoms with Gasteiger partial charge in [-0.15, -0.1) is 0 Å². The number of hydrogen-bond donors (Lipinski definition) is 2. The lowest BCUT2D eigenvalue weighted by atomic mass is 10.1. The van der Waals surface area contributed by atoms with Gasteiger partial charge in [-0.1, -0.05) is 30.3 Å². The first-order chi connectivity index (χ1) is 11.7. The molecule has 0 spiro atoms. The van der Waals surface area contributed by atoms with E-state index < -0.39 is 0 Å². The van der Waals surface area contributed by atoms with Gasteiger partial charge in [-0.2, -0.15) is 0 Å². The molecular formula is C20H22N2O2. The van der Waals surface area contributed by atoms with Gasteiger partial charge in [-0.25, -0.2) is 0 Å². The Morgan fingerprint density at radius 1 is 1.17 bits per heavy atom. The number of aryl methyl sites for hydroxylation is 1. The quantitative estimate of drug-likeness (QED) is 0.731. The lowest BCUT2D eigenvalue weighted by molar-refractivity contribution is -0.120. The van der Waals surface area contributed by atoms with Crippen LogP contribution in [0.25, 0.3) is 10.9 Å². The molecule has 3 aromatic rings. The van der Waals surface area contributed by atoms with Crippen LogP contribution in [0.2, 0.25) is 0 Å². The van der Waals surface area contributed by atoms with Crippen LogP contribution >= 0.6 is 0 Å². The Kier molecular flexibility index (Phi) is 4.85. The Morgan fingerprint density at radius 2 is 1.96 bits per heavy atom. The number of hydrogen-bond acceptors (Lipinski definition) is 2. The second-order valence-electron chi connectivity index (χ2n) is 5.90. The number of nitrogens with one attached hydrogen (secondary N) is 2. The topological polar surface area (TPSA) is 54.1 Å². The van der Waals surface area contributed by atoms with E-state index in [0.29, 0.717) is 13.0 Å². The highest BCUT2D eigenvalue weighted by Gasteiger charge is 2.10. The molecule has 4 nitrogen and oxygen atoms in total. The molecule has 1 aromatic heterocycles. The molecule has 0 aliphatic heterocycles. The van der Waals surface area contributed by atoms with Crippen LogP contribution in [0, 0.1) is 6.92 Å². The van der Waals surface area contributed by atoms with Gasteiger partial charge in [0.05, 0.1) is 13.5 Å². The average Bonchev–Trinajstić information content (AvgIpc) is 2.90. The number of fused-ring (bicyclic) bond motifs is 1. The van der Waals surface area contributed by atoms with Crippen molar-refractivity contribution in [3.05, 3.63) is 65.4 Å². The van der Waals surface area contributed by atoms with Gasteiger partial charge in [0.25, 0.3) is 0 Å². The molecule has 0 fully saturated rings. The maximum Gasteiger partial charge on any atom is 0.224 e. The molecule has 3 rings (SSSR count). The van der Waals surface area contributed by atoms with Crippen molar-refractivity contribution in [1.82, 2.24) is 10.3 Å². The lowest BCUT2D eigenvalue weighted by Gasteiger charge is -2.06. The zero-order valence-corrected chi connectivity index (χ0v) is 14.1. The fraction of sp³-hybridized carbons (Fsp3) is 0.250. The van der Waals surface area contributed by atoms with Crippen LogP contribution in [-0.4, -0.2) is 24.5 Å². The van der Waals surface area contributed by atoms with Gasteiger partial charge < -0.3 is 15.0 Å². The number of ether oxygens (including phenoxy) is 1. The first-order valence-corrected chi connectivity index (χ1v) is 8.13. The normalized spacial score (nSPS) is 10.8. The zero-order valence-electron chi connectivity index (χ0n) is 14.1. The van der Waals surface area contributed by atoms with Gasteiger partial charge in [0.15, 0.2) is 0 Å². The van der Waals surface area contributed by atoms with E-state index in [1.807, 2.05) is 48.5 Å². The average molecular weight is 322 g/mol. The SMILES string of the molecule is COc1ccc2[nH]c(C)c(CCNC(=O)Cc3ccccc3)c2c1. The third-order valence-corrected chi connectivity index (χ3v) is 4.23. The maximum absolute atomic E-state index is 12.1. The Balaban J connectivity index is 1.63. The Hall–Kier alpha value is -2.75. The number of methoxy groups -OCH3 is 1. The van der Waals surface area contributed by atoms with Crippen molar-refractivity contribution >= 4 is 16.8 Å². The summed E-state index contributed by atoms with van der Waals surface area (Å²) in [5.41, 5.74) is 4.49. The Morgan fingerprint density at radius 3 is 2.71 bits per heavy atom. The molecule has 0 atom stereocenters. The molecule has 4 heteroatoms. The number of aromatic nitrogens is 1. The molecule has 0 radical (unpaired) electrons. The Labute approximate surface area is 141 Å². The number of H-pyrrole nitrogens is 1. The van der Waals surface area contributed by atoms with Crippen molar-refractivity contribution < 1.29 is 9.53 Å². The van der Waals surface area contributed by atoms with E-state index in [-0.39, 0.29) is 5.91 Å². The highest BCUT2D eigenvalue weighted by Crippen LogP contribution is 2.26. The fourth-order valence-electron chi connectivity index (χ4n) is 2.98. The highest BCUT2D eigenvalue weighted by atomic mass is 16.5. The van der Waals surface area contributed by atoms with Crippen molar-refractivity contribution in [3.8, 4) is 5.75 Å². The molecule has 0 saturated heterocycles. The number of carbonyl (C=O) groups is 1. The number of benzene rings is 2. The van der Waals surface area contributed by atoms with Crippen molar-refractivity contribution in [1.29, 1.82) is 0 Å². The largest absolute Gasteiger partial charge is 0.497 e. The summed E-state index contributed by atoms with van der Waals surface area (Å²) in [5.74, 6) is 0.895. The zero-order chi connectivity index (χ0) is 16.9. The first kappa shape index (κ1) is 16.1. The molecule has 2 aromatic carbocycles. The minimum absolute atomic E-state index is 0.0521. The van der Waals surface area contributed by atoms with E-state index in [9.17, 15) is 4.79 Å². The van der Waals surface area contributed by atoms with Crippen molar-refractivity contribution in [3.63, 3.8) is 0 Å². The van der Waals surface area contributed by atoms with E-state index in [0.717, 1.165) is 34.3 Å². The predicted octanol–water partition coefficient (Wildman–Crippen LogP) is 3.39. The number of amides is 1. The molecular weight excluding hydrogens is 300 g/mol. The van der Waals surface area contributed by atoms with Crippen LogP contribution in [0.1, 0.15) is 16.8 Å². The summed E-state index contributed by atoms with van der Waals surface area (Å²) in [6, 6.07) is 15.8. The summed E-state index contributed by atoms with van der Waals surface area (Å²) < 4.78 is 5.31. The van der Waals surface area contributed by atoms with Gasteiger partial charge in [0, 0.05) is 23.1 Å². The second-order valence-corrected chi connectivity index (χ2v) is 5.90. The second kappa shape index (κ2) is 7.21. The lowest BCUT2D eigenvalue weighted by Crippen LogP contribution is -2.27. The molecule has 2 N–H and O–H groups in total.